The van der Waals surface area contributed by atoms with Crippen LogP contribution in [0, 0.1) is 6.92 Å². The Bertz CT molecular complexity index is 897. The monoisotopic (exact) mass is 335 g/mol. The summed E-state index contributed by atoms with van der Waals surface area (Å²) in [6, 6.07) is 15.8. The first-order valence-corrected chi connectivity index (χ1v) is 8.48. The molecule has 2 heterocycles. The summed E-state index contributed by atoms with van der Waals surface area (Å²) >= 11 is 0. The molecule has 0 unspecified atom stereocenters. The molecule has 1 atom stereocenters. The summed E-state index contributed by atoms with van der Waals surface area (Å²) in [5.41, 5.74) is 3.84. The van der Waals surface area contributed by atoms with Gasteiger partial charge in [-0.25, -0.2) is 9.97 Å². The van der Waals surface area contributed by atoms with Crippen LogP contribution < -0.4 is 9.47 Å². The van der Waals surface area contributed by atoms with E-state index < -0.39 is 0 Å². The van der Waals surface area contributed by atoms with E-state index in [1.807, 2.05) is 55.5 Å². The first-order chi connectivity index (χ1) is 12.2. The first kappa shape index (κ1) is 15.8. The highest BCUT2D eigenvalue weighted by Gasteiger charge is 2.22. The molecule has 0 fully saturated rings. The normalized spacial score (nSPS) is 16.4. The van der Waals surface area contributed by atoms with Crippen LogP contribution in [0.3, 0.4) is 0 Å². The Morgan fingerprint density at radius 3 is 2.48 bits per heavy atom. The molecule has 4 rings (SSSR count). The van der Waals surface area contributed by atoms with Crippen molar-refractivity contribution in [3.63, 3.8) is 0 Å². The fourth-order valence-electron chi connectivity index (χ4n) is 3.10. The van der Waals surface area contributed by atoms with Crippen molar-refractivity contribution in [2.24, 2.45) is 0 Å². The molecular formula is C20H21N3O2. The summed E-state index contributed by atoms with van der Waals surface area (Å²) in [4.78, 5) is 11.6. The van der Waals surface area contributed by atoms with E-state index in [0.717, 1.165) is 47.0 Å². The average molecular weight is 335 g/mol. The number of benzene rings is 2. The number of rotatable bonds is 4. The molecular weight excluding hydrogens is 314 g/mol. The predicted octanol–water partition coefficient (Wildman–Crippen LogP) is 3.21. The van der Waals surface area contributed by atoms with Crippen LogP contribution in [0.4, 0.5) is 0 Å². The third-order valence-corrected chi connectivity index (χ3v) is 4.35. The van der Waals surface area contributed by atoms with Crippen LogP contribution in [0.5, 0.6) is 11.5 Å². The molecule has 3 aromatic rings. The number of aromatic nitrogens is 2. The molecule has 0 N–H and O–H groups in total. The molecule has 25 heavy (non-hydrogen) atoms. The summed E-state index contributed by atoms with van der Waals surface area (Å²) < 4.78 is 11.8. The maximum Gasteiger partial charge on any atom is 0.161 e. The largest absolute Gasteiger partial charge is 0.486 e. The lowest BCUT2D eigenvalue weighted by molar-refractivity contribution is 0.0635. The minimum atomic E-state index is 0.00798. The van der Waals surface area contributed by atoms with Crippen LogP contribution in [0.25, 0.3) is 11.0 Å². The van der Waals surface area contributed by atoms with Crippen LogP contribution in [0.15, 0.2) is 48.5 Å². The Morgan fingerprint density at radius 2 is 1.68 bits per heavy atom. The Kier molecular flexibility index (Phi) is 4.24. The van der Waals surface area contributed by atoms with Crippen molar-refractivity contribution in [3.05, 3.63) is 59.9 Å². The van der Waals surface area contributed by atoms with Gasteiger partial charge in [-0.05, 0) is 38.2 Å². The summed E-state index contributed by atoms with van der Waals surface area (Å²) in [5.74, 6) is 1.63. The third kappa shape index (κ3) is 3.42. The van der Waals surface area contributed by atoms with Gasteiger partial charge in [0.05, 0.1) is 22.4 Å². The first-order valence-electron chi connectivity index (χ1n) is 8.48. The Hall–Kier alpha value is -2.66. The topological polar surface area (TPSA) is 47.5 Å². The van der Waals surface area contributed by atoms with E-state index in [2.05, 4.69) is 16.9 Å². The molecule has 1 aliphatic rings. The summed E-state index contributed by atoms with van der Waals surface area (Å²) in [7, 11) is 2.07. The Balaban J connectivity index is 1.44. The molecule has 0 saturated carbocycles. The second-order valence-corrected chi connectivity index (χ2v) is 6.44. The van der Waals surface area contributed by atoms with Gasteiger partial charge in [-0.3, -0.25) is 4.90 Å². The van der Waals surface area contributed by atoms with Gasteiger partial charge in [-0.15, -0.1) is 0 Å². The fourth-order valence-corrected chi connectivity index (χ4v) is 3.10. The molecule has 2 aromatic carbocycles. The number of likely N-dealkylation sites (N-methyl/N-ethyl adjacent to an activating group) is 1. The molecule has 0 aliphatic carbocycles. The second-order valence-electron chi connectivity index (χ2n) is 6.44. The van der Waals surface area contributed by atoms with Crippen LogP contribution in [0.2, 0.25) is 0 Å². The third-order valence-electron chi connectivity index (χ3n) is 4.35. The van der Waals surface area contributed by atoms with Crippen molar-refractivity contribution < 1.29 is 9.47 Å². The highest BCUT2D eigenvalue weighted by atomic mass is 16.6. The van der Waals surface area contributed by atoms with Gasteiger partial charge in [0.15, 0.2) is 11.5 Å². The molecule has 0 bridgehead atoms. The van der Waals surface area contributed by atoms with Crippen molar-refractivity contribution in [2.45, 2.75) is 19.6 Å². The second kappa shape index (κ2) is 6.69. The molecule has 128 valence electrons. The zero-order valence-electron chi connectivity index (χ0n) is 14.5. The number of hydrogen-bond donors (Lipinski definition) is 0. The van der Waals surface area contributed by atoms with Crippen molar-refractivity contribution in [3.8, 4) is 11.5 Å². The van der Waals surface area contributed by atoms with Crippen LogP contribution in [-0.4, -0.2) is 41.2 Å². The van der Waals surface area contributed by atoms with Gasteiger partial charge in [-0.2, -0.15) is 0 Å². The van der Waals surface area contributed by atoms with E-state index in [-0.39, 0.29) is 6.10 Å². The highest BCUT2D eigenvalue weighted by Crippen LogP contribution is 2.31. The zero-order chi connectivity index (χ0) is 17.2. The Morgan fingerprint density at radius 1 is 1.00 bits per heavy atom. The summed E-state index contributed by atoms with van der Waals surface area (Å²) in [6.45, 7) is 4.07. The van der Waals surface area contributed by atoms with Gasteiger partial charge in [-0.1, -0.05) is 24.3 Å². The summed E-state index contributed by atoms with van der Waals surface area (Å²) in [5, 5.41) is 0. The van der Waals surface area contributed by atoms with Crippen molar-refractivity contribution in [1.29, 1.82) is 0 Å². The van der Waals surface area contributed by atoms with E-state index in [4.69, 9.17) is 14.5 Å². The standard InChI is InChI=1S/C20H21N3O2/c1-14-18(22-17-8-4-3-7-16(17)21-14)12-23(2)11-15-13-24-19-9-5-6-10-20(19)25-15/h3-10,15H,11-13H2,1-2H3/t15-/m1/s1. The van der Waals surface area contributed by atoms with E-state index >= 15 is 0 Å². The van der Waals surface area contributed by atoms with E-state index in [9.17, 15) is 0 Å². The SMILES string of the molecule is Cc1nc2ccccc2nc1CN(C)C[C@@H]1COc2ccccc2O1. The number of aryl methyl sites for hydroxylation is 1. The van der Waals surface area contributed by atoms with Crippen molar-refractivity contribution in [2.75, 3.05) is 20.2 Å². The molecule has 0 amide bonds. The van der Waals surface area contributed by atoms with Gasteiger partial charge in [0, 0.05) is 13.1 Å². The van der Waals surface area contributed by atoms with Crippen molar-refractivity contribution in [1.82, 2.24) is 14.9 Å². The van der Waals surface area contributed by atoms with Gasteiger partial charge in [0.1, 0.15) is 12.7 Å². The molecule has 1 aliphatic heterocycles. The van der Waals surface area contributed by atoms with Crippen LogP contribution >= 0.6 is 0 Å². The maximum atomic E-state index is 6.04. The van der Waals surface area contributed by atoms with E-state index in [1.165, 1.54) is 0 Å². The lowest BCUT2D eigenvalue weighted by Crippen LogP contribution is -2.39. The molecule has 1 aromatic heterocycles. The average Bonchev–Trinajstić information content (AvgIpc) is 2.62. The number of nitrogens with zero attached hydrogens (tertiary/aromatic N) is 3. The number of ether oxygens (including phenoxy) is 2. The molecule has 0 saturated heterocycles. The van der Waals surface area contributed by atoms with Crippen LogP contribution in [0.1, 0.15) is 11.4 Å². The van der Waals surface area contributed by atoms with E-state index in [1.54, 1.807) is 0 Å². The highest BCUT2D eigenvalue weighted by molar-refractivity contribution is 5.74. The molecule has 5 heteroatoms. The molecule has 0 radical (unpaired) electrons. The minimum absolute atomic E-state index is 0.00798. The van der Waals surface area contributed by atoms with Gasteiger partial charge < -0.3 is 9.47 Å². The van der Waals surface area contributed by atoms with Gasteiger partial charge in [0.2, 0.25) is 0 Å². The quantitative estimate of drug-likeness (QED) is 0.733. The van der Waals surface area contributed by atoms with Crippen molar-refractivity contribution >= 4 is 11.0 Å². The molecule has 0 spiro atoms. The summed E-state index contributed by atoms with van der Waals surface area (Å²) in [6.07, 6.45) is 0.00798. The lowest BCUT2D eigenvalue weighted by atomic mass is 10.2. The van der Waals surface area contributed by atoms with Gasteiger partial charge >= 0.3 is 0 Å². The lowest BCUT2D eigenvalue weighted by Gasteiger charge is -2.29. The molecule has 5 nitrogen and oxygen atoms in total. The number of para-hydroxylation sites is 4. The fraction of sp³-hybridized carbons (Fsp3) is 0.300. The van der Waals surface area contributed by atoms with Gasteiger partial charge in [0.25, 0.3) is 0 Å². The Labute approximate surface area is 147 Å². The minimum Gasteiger partial charge on any atom is -0.486 e. The smallest absolute Gasteiger partial charge is 0.161 e. The maximum absolute atomic E-state index is 6.04. The number of hydrogen-bond acceptors (Lipinski definition) is 5. The zero-order valence-corrected chi connectivity index (χ0v) is 14.5. The predicted molar refractivity (Wildman–Crippen MR) is 97.0 cm³/mol. The number of fused-ring (bicyclic) bond motifs is 2. The van der Waals surface area contributed by atoms with E-state index in [0.29, 0.717) is 6.61 Å². The van der Waals surface area contributed by atoms with Crippen LogP contribution in [-0.2, 0) is 6.54 Å².